The number of oxazole rings is 1. The van der Waals surface area contributed by atoms with Crippen molar-refractivity contribution in [3.8, 4) is 0 Å². The molecule has 0 aliphatic carbocycles. The van der Waals surface area contributed by atoms with E-state index in [0.717, 1.165) is 51.6 Å². The zero-order valence-electron chi connectivity index (χ0n) is 40.3. The van der Waals surface area contributed by atoms with Crippen LogP contribution in [0, 0.1) is 96.9 Å². The largest absolute Gasteiger partial charge is 0.446 e. The van der Waals surface area contributed by atoms with E-state index in [-0.39, 0.29) is 29.7 Å². The quantitative estimate of drug-likeness (QED) is 0.172. The molecule has 8 nitrogen and oxygen atoms in total. The van der Waals surface area contributed by atoms with Crippen molar-refractivity contribution < 1.29 is 4.42 Å². The highest BCUT2D eigenvalue weighted by Crippen LogP contribution is 2.25. The van der Waals surface area contributed by atoms with Gasteiger partial charge < -0.3 is 4.42 Å². The number of aryl methyl sites for hydroxylation is 10. The number of hydrogen-bond acceptors (Lipinski definition) is 9. The summed E-state index contributed by atoms with van der Waals surface area (Å²) in [6.07, 6.45) is 0. The Morgan fingerprint density at radius 2 is 0.754 bits per heavy atom. The van der Waals surface area contributed by atoms with Crippen molar-refractivity contribution in [2.75, 3.05) is 0 Å². The first kappa shape index (κ1) is 63.8. The van der Waals surface area contributed by atoms with Crippen molar-refractivity contribution in [2.45, 2.75) is 225 Å². The summed E-state index contributed by atoms with van der Waals surface area (Å²) in [5, 5.41) is 1.18. The first-order valence-corrected chi connectivity index (χ1v) is 21.5. The van der Waals surface area contributed by atoms with E-state index in [0.29, 0.717) is 29.6 Å². The van der Waals surface area contributed by atoms with Crippen LogP contribution in [0.1, 0.15) is 235 Å². The van der Waals surface area contributed by atoms with Crippen LogP contribution < -0.4 is 0 Å². The molecule has 0 bridgehead atoms. The molecule has 0 amide bonds. The molecule has 0 unspecified atom stereocenters. The van der Waals surface area contributed by atoms with Crippen LogP contribution in [-0.4, -0.2) is 34.9 Å². The van der Waals surface area contributed by atoms with Gasteiger partial charge in [0.1, 0.15) is 11.6 Å². The third kappa shape index (κ3) is 19.4. The molecule has 5 aromatic heterocycles. The lowest BCUT2D eigenvalue weighted by molar-refractivity contribution is 0.492. The summed E-state index contributed by atoms with van der Waals surface area (Å²) in [7, 11) is 0. The zero-order chi connectivity index (χ0) is 44.2. The summed E-state index contributed by atoms with van der Waals surface area (Å²) in [5.41, 5.74) is 16.7. The molecule has 0 fully saturated rings. The van der Waals surface area contributed by atoms with Gasteiger partial charge in [-0.05, 0) is 142 Å². The van der Waals surface area contributed by atoms with Crippen molar-refractivity contribution >= 4 is 11.3 Å². The number of pyridine rings is 1. The Balaban J connectivity index is -0.000000329. The van der Waals surface area contributed by atoms with E-state index >= 15 is 0 Å². The highest BCUT2D eigenvalue weighted by atomic mass is 32.1. The lowest BCUT2D eigenvalue weighted by Crippen LogP contribution is -2.03. The van der Waals surface area contributed by atoms with Crippen LogP contribution in [0.3, 0.4) is 0 Å². The molecule has 0 aliphatic rings. The van der Waals surface area contributed by atoms with Crippen molar-refractivity contribution in [3.63, 3.8) is 0 Å². The normalized spacial score (nSPS) is 10.2. The Morgan fingerprint density at radius 1 is 0.344 bits per heavy atom. The van der Waals surface area contributed by atoms with Crippen molar-refractivity contribution in [1.82, 2.24) is 34.9 Å². The molecule has 0 saturated carbocycles. The molecule has 5 heterocycles. The molecular formula is C52H93N7OS. The fourth-order valence-electron chi connectivity index (χ4n) is 6.45. The Bertz CT molecular complexity index is 1980. The monoisotopic (exact) mass is 864 g/mol. The molecule has 0 N–H and O–H groups in total. The van der Waals surface area contributed by atoms with Crippen LogP contribution in [0.25, 0.3) is 0 Å². The fraction of sp³-hybridized carbons (Fsp3) is 0.635. The standard InChI is InChI=1S/C12H19N.2C10H16N2.C8H13NO.C8H13NS.4CH4/c1-7(2)12-10(5)8(3)9(4)11(6)13-12;1-6(2)10-9(5)11-7(3)8(4)12-10;1-6(2)10-7(3)8(4)11-9(5)12-10;2*1-5(2)8-6(3)10-7(4)9-8;;;;/h7H,1-6H3;2*6H,1-5H3;2*5H,1-4H3;4*1H4. The van der Waals surface area contributed by atoms with Gasteiger partial charge in [-0.15, -0.1) is 11.3 Å². The summed E-state index contributed by atoms with van der Waals surface area (Å²) in [6.45, 7) is 50.3. The molecule has 0 saturated heterocycles. The SMILES string of the molecule is C.C.C.C.Cc1nc(C(C)C)c(C)c(C)c1C.Cc1nc(C(C)C)c(C)o1.Cc1nc(C(C)C)c(C)s1.Cc1nc(C)c(C(C)C)nc1C.Cc1nc(C)c(C)c(C(C)C)n1. The van der Waals surface area contributed by atoms with E-state index in [1.807, 2.05) is 48.5 Å². The van der Waals surface area contributed by atoms with E-state index in [4.69, 9.17) is 4.42 Å². The molecule has 0 aliphatic heterocycles. The van der Waals surface area contributed by atoms with E-state index in [1.165, 1.54) is 54.9 Å². The van der Waals surface area contributed by atoms with Gasteiger partial charge in [-0.3, -0.25) is 15.0 Å². The average Bonchev–Trinajstić information content (AvgIpc) is 3.64. The number of nitrogens with zero attached hydrogens (tertiary/aromatic N) is 7. The van der Waals surface area contributed by atoms with Crippen LogP contribution in [0.15, 0.2) is 4.42 Å². The highest BCUT2D eigenvalue weighted by molar-refractivity contribution is 7.11. The second-order valence-electron chi connectivity index (χ2n) is 16.8. The average molecular weight is 864 g/mol. The summed E-state index contributed by atoms with van der Waals surface area (Å²) in [5.74, 6) is 5.12. The van der Waals surface area contributed by atoms with Gasteiger partial charge in [-0.25, -0.2) is 19.9 Å². The summed E-state index contributed by atoms with van der Waals surface area (Å²) in [4.78, 5) is 32.3. The summed E-state index contributed by atoms with van der Waals surface area (Å²) in [6, 6.07) is 0. The van der Waals surface area contributed by atoms with Crippen LogP contribution in [0.5, 0.6) is 0 Å². The van der Waals surface area contributed by atoms with Crippen molar-refractivity contribution in [1.29, 1.82) is 0 Å². The van der Waals surface area contributed by atoms with E-state index in [1.54, 1.807) is 11.3 Å². The molecular weight excluding hydrogens is 771 g/mol. The first-order valence-electron chi connectivity index (χ1n) is 20.7. The Labute approximate surface area is 381 Å². The Kier molecular flexibility index (Phi) is 30.0. The lowest BCUT2D eigenvalue weighted by Gasteiger charge is -2.15. The highest BCUT2D eigenvalue weighted by Gasteiger charge is 2.12. The molecule has 0 spiro atoms. The van der Waals surface area contributed by atoms with E-state index < -0.39 is 0 Å². The predicted molar refractivity (Wildman–Crippen MR) is 271 cm³/mol. The van der Waals surface area contributed by atoms with Gasteiger partial charge in [-0.2, -0.15) is 0 Å². The maximum Gasteiger partial charge on any atom is 0.191 e. The third-order valence-corrected chi connectivity index (χ3v) is 10.9. The smallest absolute Gasteiger partial charge is 0.191 e. The fourth-order valence-corrected chi connectivity index (χ4v) is 7.43. The Morgan fingerprint density at radius 3 is 1.11 bits per heavy atom. The van der Waals surface area contributed by atoms with Crippen LogP contribution in [0.2, 0.25) is 0 Å². The number of rotatable bonds is 5. The molecule has 5 aromatic rings. The molecule has 61 heavy (non-hydrogen) atoms. The topological polar surface area (TPSA) is 103 Å². The minimum absolute atomic E-state index is 0. The minimum Gasteiger partial charge on any atom is -0.446 e. The lowest BCUT2D eigenvalue weighted by atomic mass is 9.97. The van der Waals surface area contributed by atoms with Gasteiger partial charge in [-0.1, -0.05) is 98.9 Å². The minimum atomic E-state index is 0. The van der Waals surface area contributed by atoms with E-state index in [2.05, 4.69) is 153 Å². The molecule has 348 valence electrons. The summed E-state index contributed by atoms with van der Waals surface area (Å²) < 4.78 is 5.26. The van der Waals surface area contributed by atoms with Gasteiger partial charge in [0.2, 0.25) is 0 Å². The van der Waals surface area contributed by atoms with Crippen LogP contribution in [0.4, 0.5) is 0 Å². The first-order chi connectivity index (χ1) is 26.2. The maximum atomic E-state index is 5.26. The Hall–Kier alpha value is -3.85. The zero-order valence-corrected chi connectivity index (χ0v) is 41.2. The number of thiazole rings is 1. The number of hydrogen-bond donors (Lipinski definition) is 0. The maximum absolute atomic E-state index is 5.26. The second-order valence-corrected chi connectivity index (χ2v) is 18.2. The van der Waals surface area contributed by atoms with Gasteiger partial charge >= 0.3 is 0 Å². The molecule has 0 aromatic carbocycles. The predicted octanol–water partition coefficient (Wildman–Crippen LogP) is 16.3. The third-order valence-electron chi connectivity index (χ3n) is 10.0. The van der Waals surface area contributed by atoms with E-state index in [9.17, 15) is 0 Å². The van der Waals surface area contributed by atoms with Gasteiger partial charge in [0.05, 0.1) is 39.2 Å². The van der Waals surface area contributed by atoms with Crippen LogP contribution in [-0.2, 0) is 0 Å². The van der Waals surface area contributed by atoms with Crippen molar-refractivity contribution in [3.05, 3.63) is 107 Å². The molecule has 5 rings (SSSR count). The van der Waals surface area contributed by atoms with Gasteiger partial charge in [0.15, 0.2) is 5.89 Å². The molecule has 0 radical (unpaired) electrons. The molecule has 0 atom stereocenters. The van der Waals surface area contributed by atoms with Crippen molar-refractivity contribution in [2.24, 2.45) is 0 Å². The van der Waals surface area contributed by atoms with Crippen LogP contribution >= 0.6 is 11.3 Å². The summed E-state index contributed by atoms with van der Waals surface area (Å²) >= 11 is 1.79. The van der Waals surface area contributed by atoms with Gasteiger partial charge in [0, 0.05) is 34.6 Å². The second kappa shape index (κ2) is 28.7. The molecule has 9 heteroatoms. The number of aromatic nitrogens is 7. The van der Waals surface area contributed by atoms with Gasteiger partial charge in [0.25, 0.3) is 0 Å².